The van der Waals surface area contributed by atoms with Gasteiger partial charge in [0.15, 0.2) is 0 Å². The summed E-state index contributed by atoms with van der Waals surface area (Å²) < 4.78 is 2.16. The van der Waals surface area contributed by atoms with E-state index < -0.39 is 0 Å². The van der Waals surface area contributed by atoms with Crippen molar-refractivity contribution in [3.8, 4) is 0 Å². The van der Waals surface area contributed by atoms with Crippen LogP contribution in [0, 0.1) is 0 Å². The largest absolute Gasteiger partial charge is 0.341 e. The van der Waals surface area contributed by atoms with Crippen molar-refractivity contribution in [2.45, 2.75) is 25.4 Å². The molecule has 5 rings (SSSR count). The Morgan fingerprint density at radius 2 is 2.22 bits per heavy atom. The molecule has 7 heteroatoms. The van der Waals surface area contributed by atoms with Crippen molar-refractivity contribution >= 4 is 28.1 Å². The molecule has 27 heavy (non-hydrogen) atoms. The van der Waals surface area contributed by atoms with Gasteiger partial charge in [-0.05, 0) is 36.4 Å². The predicted octanol–water partition coefficient (Wildman–Crippen LogP) is 3.85. The van der Waals surface area contributed by atoms with Crippen LogP contribution in [0.4, 0.5) is 0 Å². The maximum absolute atomic E-state index is 13.0. The molecule has 4 heterocycles. The molecule has 4 aromatic rings. The summed E-state index contributed by atoms with van der Waals surface area (Å²) in [5, 5.41) is 11.5. The lowest BCUT2D eigenvalue weighted by Crippen LogP contribution is -2.30. The van der Waals surface area contributed by atoms with E-state index in [4.69, 9.17) is 0 Å². The van der Waals surface area contributed by atoms with Gasteiger partial charge in [0, 0.05) is 29.8 Å². The molecule has 3 aromatic heterocycles. The van der Waals surface area contributed by atoms with Crippen LogP contribution in [0.1, 0.15) is 40.1 Å². The van der Waals surface area contributed by atoms with Crippen molar-refractivity contribution < 1.29 is 4.79 Å². The summed E-state index contributed by atoms with van der Waals surface area (Å²) in [6.07, 6.45) is 5.83. The van der Waals surface area contributed by atoms with E-state index in [0.717, 1.165) is 30.1 Å². The molecule has 1 atom stereocenters. The highest BCUT2D eigenvalue weighted by atomic mass is 32.1. The molecule has 1 fully saturated rings. The van der Waals surface area contributed by atoms with E-state index in [1.807, 2.05) is 28.5 Å². The fourth-order valence-corrected chi connectivity index (χ4v) is 4.61. The molecule has 0 unspecified atom stereocenters. The lowest BCUT2D eigenvalue weighted by atomic mass is 10.2. The Morgan fingerprint density at radius 1 is 1.30 bits per heavy atom. The fourth-order valence-electron chi connectivity index (χ4n) is 3.83. The first-order valence-electron chi connectivity index (χ1n) is 9.08. The summed E-state index contributed by atoms with van der Waals surface area (Å²) in [5.74, 6) is -0.0208. The SMILES string of the molecule is O=C(c1cc(Cn2ccc3ccccc32)[nH]n1)N1CCC[C@H]1c1nccs1. The zero-order valence-electron chi connectivity index (χ0n) is 14.7. The van der Waals surface area contributed by atoms with Crippen LogP contribution in [0.2, 0.25) is 0 Å². The van der Waals surface area contributed by atoms with Gasteiger partial charge < -0.3 is 9.47 Å². The number of H-pyrrole nitrogens is 1. The van der Waals surface area contributed by atoms with Gasteiger partial charge in [0.1, 0.15) is 10.7 Å². The number of nitrogens with zero attached hydrogens (tertiary/aromatic N) is 4. The van der Waals surface area contributed by atoms with E-state index in [1.165, 1.54) is 10.9 Å². The second-order valence-corrected chi connectivity index (χ2v) is 7.73. The Labute approximate surface area is 160 Å². The number of fused-ring (bicyclic) bond motifs is 1. The molecule has 1 aromatic carbocycles. The topological polar surface area (TPSA) is 66.8 Å². The Morgan fingerprint density at radius 3 is 3.11 bits per heavy atom. The zero-order chi connectivity index (χ0) is 18.2. The van der Waals surface area contributed by atoms with Crippen molar-refractivity contribution in [2.24, 2.45) is 0 Å². The minimum absolute atomic E-state index is 0.0208. The van der Waals surface area contributed by atoms with Gasteiger partial charge >= 0.3 is 0 Å². The lowest BCUT2D eigenvalue weighted by Gasteiger charge is -2.21. The first-order valence-corrected chi connectivity index (χ1v) is 9.96. The number of benzene rings is 1. The number of amides is 1. The average molecular weight is 377 g/mol. The Hall–Kier alpha value is -2.93. The highest BCUT2D eigenvalue weighted by Crippen LogP contribution is 2.33. The van der Waals surface area contributed by atoms with Gasteiger partial charge in [-0.15, -0.1) is 11.3 Å². The summed E-state index contributed by atoms with van der Waals surface area (Å²) in [6.45, 7) is 1.41. The van der Waals surface area contributed by atoms with Gasteiger partial charge in [-0.3, -0.25) is 9.89 Å². The van der Waals surface area contributed by atoms with Crippen molar-refractivity contribution in [1.82, 2.24) is 24.6 Å². The molecule has 1 aliphatic rings. The molecule has 1 N–H and O–H groups in total. The van der Waals surface area contributed by atoms with E-state index in [0.29, 0.717) is 12.2 Å². The van der Waals surface area contributed by atoms with Gasteiger partial charge in [-0.2, -0.15) is 5.10 Å². The maximum atomic E-state index is 13.0. The number of thiazole rings is 1. The van der Waals surface area contributed by atoms with Crippen LogP contribution in [-0.2, 0) is 6.54 Å². The fraction of sp³-hybridized carbons (Fsp3) is 0.250. The van der Waals surface area contributed by atoms with Crippen LogP contribution in [0.15, 0.2) is 54.2 Å². The molecule has 136 valence electrons. The smallest absolute Gasteiger partial charge is 0.274 e. The molecule has 0 bridgehead atoms. The van der Waals surface area contributed by atoms with Crippen LogP contribution in [-0.4, -0.2) is 37.1 Å². The molecule has 6 nitrogen and oxygen atoms in total. The Kier molecular flexibility index (Phi) is 4.01. The minimum Gasteiger partial charge on any atom is -0.341 e. The highest BCUT2D eigenvalue weighted by Gasteiger charge is 2.33. The number of rotatable bonds is 4. The summed E-state index contributed by atoms with van der Waals surface area (Å²) in [4.78, 5) is 19.3. The number of carbonyl (C=O) groups excluding carboxylic acids is 1. The molecule has 1 amide bonds. The van der Waals surface area contributed by atoms with Crippen LogP contribution in [0.3, 0.4) is 0 Å². The average Bonchev–Trinajstić information content (AvgIpc) is 3.47. The quantitative estimate of drug-likeness (QED) is 0.587. The van der Waals surface area contributed by atoms with E-state index in [9.17, 15) is 4.79 Å². The third-order valence-electron chi connectivity index (χ3n) is 5.12. The third kappa shape index (κ3) is 2.94. The molecule has 0 spiro atoms. The van der Waals surface area contributed by atoms with Gasteiger partial charge in [0.05, 0.1) is 18.3 Å². The normalized spacial score (nSPS) is 17.0. The molecular weight excluding hydrogens is 358 g/mol. The van der Waals surface area contributed by atoms with E-state index in [2.05, 4.69) is 44.1 Å². The van der Waals surface area contributed by atoms with Crippen molar-refractivity contribution in [1.29, 1.82) is 0 Å². The summed E-state index contributed by atoms with van der Waals surface area (Å²) in [7, 11) is 0. The monoisotopic (exact) mass is 377 g/mol. The van der Waals surface area contributed by atoms with E-state index in [1.54, 1.807) is 17.5 Å². The van der Waals surface area contributed by atoms with Gasteiger partial charge in [-0.25, -0.2) is 4.98 Å². The summed E-state index contributed by atoms with van der Waals surface area (Å²) >= 11 is 1.61. The Bertz CT molecular complexity index is 1080. The summed E-state index contributed by atoms with van der Waals surface area (Å²) in [5.41, 5.74) is 2.57. The summed E-state index contributed by atoms with van der Waals surface area (Å²) in [6, 6.07) is 12.3. The third-order valence-corrected chi connectivity index (χ3v) is 6.00. The van der Waals surface area contributed by atoms with Crippen molar-refractivity contribution in [2.75, 3.05) is 6.54 Å². The standard InChI is InChI=1S/C20H19N5OS/c26-20(25-9-3-6-18(25)19-21-8-11-27-19)16-12-15(22-23-16)13-24-10-7-14-4-1-2-5-17(14)24/h1-2,4-5,7-8,10-12,18H,3,6,9,13H2,(H,22,23)/t18-/m0/s1. The van der Waals surface area contributed by atoms with E-state index >= 15 is 0 Å². The van der Waals surface area contributed by atoms with Crippen LogP contribution < -0.4 is 0 Å². The zero-order valence-corrected chi connectivity index (χ0v) is 15.5. The second-order valence-electron chi connectivity index (χ2n) is 6.81. The van der Waals surface area contributed by atoms with Crippen molar-refractivity contribution in [3.05, 3.63) is 70.6 Å². The number of nitrogens with one attached hydrogen (secondary N) is 1. The maximum Gasteiger partial charge on any atom is 0.274 e. The first-order chi connectivity index (χ1) is 13.3. The van der Waals surface area contributed by atoms with Crippen LogP contribution >= 0.6 is 11.3 Å². The molecule has 0 aliphatic carbocycles. The number of aromatic amines is 1. The van der Waals surface area contributed by atoms with Gasteiger partial charge in [0.25, 0.3) is 5.91 Å². The number of hydrogen-bond acceptors (Lipinski definition) is 4. The molecule has 1 aliphatic heterocycles. The van der Waals surface area contributed by atoms with Gasteiger partial charge in [0.2, 0.25) is 0 Å². The Balaban J connectivity index is 1.36. The van der Waals surface area contributed by atoms with Gasteiger partial charge in [-0.1, -0.05) is 18.2 Å². The number of aromatic nitrogens is 4. The van der Waals surface area contributed by atoms with Crippen LogP contribution in [0.5, 0.6) is 0 Å². The minimum atomic E-state index is -0.0208. The highest BCUT2D eigenvalue weighted by molar-refractivity contribution is 7.09. The molecule has 0 radical (unpaired) electrons. The first kappa shape index (κ1) is 16.3. The van der Waals surface area contributed by atoms with Crippen LogP contribution in [0.25, 0.3) is 10.9 Å². The number of likely N-dealkylation sites (tertiary alicyclic amines) is 1. The molecular formula is C20H19N5OS. The number of carbonyl (C=O) groups is 1. The number of para-hydroxylation sites is 1. The van der Waals surface area contributed by atoms with E-state index in [-0.39, 0.29) is 11.9 Å². The second kappa shape index (κ2) is 6.66. The predicted molar refractivity (Wildman–Crippen MR) is 105 cm³/mol. The lowest BCUT2D eigenvalue weighted by molar-refractivity contribution is 0.0729. The molecule has 1 saturated heterocycles. The molecule has 0 saturated carbocycles. The number of hydrogen-bond donors (Lipinski definition) is 1. The van der Waals surface area contributed by atoms with Crippen molar-refractivity contribution in [3.63, 3.8) is 0 Å².